The van der Waals surface area contributed by atoms with Gasteiger partial charge >= 0.3 is 0 Å². The molecule has 2 aliphatic heterocycles. The first-order chi connectivity index (χ1) is 15.2. The summed E-state index contributed by atoms with van der Waals surface area (Å²) in [5.74, 6) is 0.278. The first-order valence-corrected chi connectivity index (χ1v) is 11.5. The SMILES string of the molecule is CNC(=O)C(NC(=O)c1nc(C=CCN2CCOCC2)n2c1CN(C)CCC2)C(C)(C)C. The molecule has 1 aromatic rings. The number of morpholine rings is 1. The maximum absolute atomic E-state index is 13.3. The van der Waals surface area contributed by atoms with E-state index in [2.05, 4.69) is 38.1 Å². The molecule has 2 amide bonds. The summed E-state index contributed by atoms with van der Waals surface area (Å²) in [5.41, 5.74) is 0.880. The van der Waals surface area contributed by atoms with Gasteiger partial charge in [-0.05, 0) is 31.5 Å². The highest BCUT2D eigenvalue weighted by molar-refractivity contribution is 5.97. The molecule has 0 bridgehead atoms. The van der Waals surface area contributed by atoms with E-state index < -0.39 is 11.5 Å². The van der Waals surface area contributed by atoms with Gasteiger partial charge in [-0.25, -0.2) is 4.98 Å². The van der Waals surface area contributed by atoms with Crippen LogP contribution in [0.25, 0.3) is 6.08 Å². The number of likely N-dealkylation sites (N-methyl/N-ethyl adjacent to an activating group) is 1. The number of ether oxygens (including phenoxy) is 1. The summed E-state index contributed by atoms with van der Waals surface area (Å²) in [6.07, 6.45) is 5.12. The van der Waals surface area contributed by atoms with Crippen LogP contribution in [-0.4, -0.2) is 90.7 Å². The van der Waals surface area contributed by atoms with E-state index in [0.29, 0.717) is 12.2 Å². The maximum atomic E-state index is 13.3. The first kappa shape index (κ1) is 24.4. The number of nitrogens with zero attached hydrogens (tertiary/aromatic N) is 4. The Morgan fingerprint density at radius 3 is 2.56 bits per heavy atom. The summed E-state index contributed by atoms with van der Waals surface area (Å²) < 4.78 is 7.57. The van der Waals surface area contributed by atoms with Crippen molar-refractivity contribution in [3.63, 3.8) is 0 Å². The molecule has 0 radical (unpaired) electrons. The molecule has 0 aliphatic carbocycles. The molecule has 2 N–H and O–H groups in total. The average Bonchev–Trinajstić information content (AvgIpc) is 2.96. The Kier molecular flexibility index (Phi) is 8.08. The van der Waals surface area contributed by atoms with Crippen molar-refractivity contribution in [3.05, 3.63) is 23.3 Å². The predicted octanol–water partition coefficient (Wildman–Crippen LogP) is 0.955. The molecule has 1 unspecified atom stereocenters. The van der Waals surface area contributed by atoms with E-state index in [1.165, 1.54) is 0 Å². The minimum atomic E-state index is -0.652. The first-order valence-electron chi connectivity index (χ1n) is 11.5. The van der Waals surface area contributed by atoms with Gasteiger partial charge in [0.2, 0.25) is 5.91 Å². The Hall–Kier alpha value is -2.23. The smallest absolute Gasteiger partial charge is 0.272 e. The van der Waals surface area contributed by atoms with Crippen molar-refractivity contribution in [1.29, 1.82) is 0 Å². The van der Waals surface area contributed by atoms with Gasteiger partial charge in [-0.15, -0.1) is 0 Å². The summed E-state index contributed by atoms with van der Waals surface area (Å²) in [4.78, 5) is 35.0. The zero-order chi connectivity index (χ0) is 23.3. The van der Waals surface area contributed by atoms with Crippen LogP contribution in [0.15, 0.2) is 6.08 Å². The summed E-state index contributed by atoms with van der Waals surface area (Å²) in [7, 11) is 3.64. The molecular weight excluding hydrogens is 408 g/mol. The number of hydrogen-bond acceptors (Lipinski definition) is 6. The third-order valence-electron chi connectivity index (χ3n) is 6.04. The molecule has 1 aromatic heterocycles. The van der Waals surface area contributed by atoms with Crippen molar-refractivity contribution in [2.24, 2.45) is 5.41 Å². The fourth-order valence-electron chi connectivity index (χ4n) is 4.17. The van der Waals surface area contributed by atoms with Gasteiger partial charge in [-0.1, -0.05) is 26.8 Å². The van der Waals surface area contributed by atoms with Crippen molar-refractivity contribution in [2.75, 3.05) is 53.5 Å². The summed E-state index contributed by atoms with van der Waals surface area (Å²) in [6, 6.07) is -0.652. The molecule has 1 saturated heterocycles. The van der Waals surface area contributed by atoms with Crippen LogP contribution in [0.4, 0.5) is 0 Å². The van der Waals surface area contributed by atoms with Gasteiger partial charge in [0.15, 0.2) is 5.69 Å². The molecule has 0 spiro atoms. The normalized spacial score (nSPS) is 19.4. The van der Waals surface area contributed by atoms with Crippen LogP contribution in [0, 0.1) is 5.41 Å². The largest absolute Gasteiger partial charge is 0.379 e. The van der Waals surface area contributed by atoms with E-state index in [-0.39, 0.29) is 11.8 Å². The van der Waals surface area contributed by atoms with Crippen LogP contribution in [0.1, 0.15) is 49.2 Å². The van der Waals surface area contributed by atoms with Gasteiger partial charge in [0.25, 0.3) is 5.91 Å². The van der Waals surface area contributed by atoms with Crippen molar-refractivity contribution in [2.45, 2.75) is 46.3 Å². The van der Waals surface area contributed by atoms with Gasteiger partial charge < -0.3 is 24.8 Å². The molecule has 178 valence electrons. The monoisotopic (exact) mass is 446 g/mol. The standard InChI is InChI=1S/C23H38N6O3/c1-23(2,3)20(22(31)24-4)26-21(30)19-17-16-27(5)9-7-11-29(17)18(25-19)8-6-10-28-12-14-32-15-13-28/h6,8,20H,7,9-16H2,1-5H3,(H,24,31)(H,26,30). The lowest BCUT2D eigenvalue weighted by atomic mass is 9.86. The van der Waals surface area contributed by atoms with E-state index >= 15 is 0 Å². The molecule has 1 atom stereocenters. The number of aromatic nitrogens is 2. The maximum Gasteiger partial charge on any atom is 0.272 e. The predicted molar refractivity (Wildman–Crippen MR) is 124 cm³/mol. The van der Waals surface area contributed by atoms with E-state index in [1.54, 1.807) is 7.05 Å². The van der Waals surface area contributed by atoms with Crippen LogP contribution in [-0.2, 0) is 22.6 Å². The van der Waals surface area contributed by atoms with Gasteiger partial charge in [0.05, 0.1) is 18.9 Å². The number of carbonyl (C=O) groups is 2. The molecule has 32 heavy (non-hydrogen) atoms. The van der Waals surface area contributed by atoms with Gasteiger partial charge in [0.1, 0.15) is 11.9 Å². The Morgan fingerprint density at radius 1 is 1.19 bits per heavy atom. The molecule has 3 heterocycles. The summed E-state index contributed by atoms with van der Waals surface area (Å²) in [5, 5.41) is 5.60. The third-order valence-corrected chi connectivity index (χ3v) is 6.04. The molecule has 0 aromatic carbocycles. The number of nitrogens with one attached hydrogen (secondary N) is 2. The van der Waals surface area contributed by atoms with E-state index in [4.69, 9.17) is 9.72 Å². The Bertz CT molecular complexity index is 836. The second-order valence-electron chi connectivity index (χ2n) is 9.71. The van der Waals surface area contributed by atoms with Crippen molar-refractivity contribution in [1.82, 2.24) is 30.0 Å². The average molecular weight is 447 g/mol. The highest BCUT2D eigenvalue weighted by atomic mass is 16.5. The quantitative estimate of drug-likeness (QED) is 0.676. The summed E-state index contributed by atoms with van der Waals surface area (Å²) >= 11 is 0. The number of imidazole rings is 1. The molecule has 1 fully saturated rings. The van der Waals surface area contributed by atoms with E-state index in [0.717, 1.165) is 63.9 Å². The minimum absolute atomic E-state index is 0.209. The molecule has 0 saturated carbocycles. The Labute approximate surface area is 191 Å². The van der Waals surface area contributed by atoms with Crippen molar-refractivity contribution in [3.8, 4) is 0 Å². The molecular formula is C23H38N6O3. The lowest BCUT2D eigenvalue weighted by Crippen LogP contribution is -2.53. The second-order valence-corrected chi connectivity index (χ2v) is 9.71. The molecule has 3 rings (SSSR count). The Morgan fingerprint density at radius 2 is 1.91 bits per heavy atom. The topological polar surface area (TPSA) is 91.7 Å². The minimum Gasteiger partial charge on any atom is -0.379 e. The molecule has 9 nitrogen and oxygen atoms in total. The van der Waals surface area contributed by atoms with Crippen LogP contribution in [0.2, 0.25) is 0 Å². The van der Waals surface area contributed by atoms with Gasteiger partial charge in [0, 0.05) is 39.8 Å². The van der Waals surface area contributed by atoms with Crippen LogP contribution >= 0.6 is 0 Å². The molecule has 2 aliphatic rings. The van der Waals surface area contributed by atoms with Gasteiger partial charge in [-0.2, -0.15) is 0 Å². The third kappa shape index (κ3) is 5.96. The van der Waals surface area contributed by atoms with Gasteiger partial charge in [-0.3, -0.25) is 14.5 Å². The number of fused-ring (bicyclic) bond motifs is 1. The second kappa shape index (κ2) is 10.6. The van der Waals surface area contributed by atoms with E-state index in [9.17, 15) is 9.59 Å². The van der Waals surface area contributed by atoms with Crippen molar-refractivity contribution >= 4 is 17.9 Å². The summed E-state index contributed by atoms with van der Waals surface area (Å²) in [6.45, 7) is 12.5. The Balaban J connectivity index is 1.86. The van der Waals surface area contributed by atoms with Crippen LogP contribution in [0.3, 0.4) is 0 Å². The van der Waals surface area contributed by atoms with E-state index in [1.807, 2.05) is 26.8 Å². The molecule has 9 heteroatoms. The number of hydrogen-bond donors (Lipinski definition) is 2. The number of amides is 2. The zero-order valence-corrected chi connectivity index (χ0v) is 20.1. The van der Waals surface area contributed by atoms with Crippen LogP contribution < -0.4 is 10.6 Å². The fourth-order valence-corrected chi connectivity index (χ4v) is 4.17. The number of carbonyl (C=O) groups excluding carboxylic acids is 2. The number of rotatable bonds is 6. The van der Waals surface area contributed by atoms with Crippen LogP contribution in [0.5, 0.6) is 0 Å². The van der Waals surface area contributed by atoms with Crippen molar-refractivity contribution < 1.29 is 14.3 Å². The lowest BCUT2D eigenvalue weighted by Gasteiger charge is -2.29. The highest BCUT2D eigenvalue weighted by Gasteiger charge is 2.34. The zero-order valence-electron chi connectivity index (χ0n) is 20.1. The highest BCUT2D eigenvalue weighted by Crippen LogP contribution is 2.23. The fraction of sp³-hybridized carbons (Fsp3) is 0.696. The lowest BCUT2D eigenvalue weighted by molar-refractivity contribution is -0.124.